The van der Waals surface area contributed by atoms with Gasteiger partial charge in [0, 0.05) is 11.6 Å². The molecule has 1 aromatic carbocycles. The third-order valence-electron chi connectivity index (χ3n) is 2.43. The molecule has 1 rings (SSSR count). The summed E-state index contributed by atoms with van der Waals surface area (Å²) in [6.45, 7) is 1.54. The summed E-state index contributed by atoms with van der Waals surface area (Å²) in [6, 6.07) is 1.82. The van der Waals surface area contributed by atoms with Crippen molar-refractivity contribution < 1.29 is 32.4 Å². The molecule has 21 heavy (non-hydrogen) atoms. The molecule has 6 nitrogen and oxygen atoms in total. The van der Waals surface area contributed by atoms with Crippen molar-refractivity contribution in [1.82, 2.24) is 0 Å². The maximum Gasteiger partial charge on any atom is 0.423 e. The SMILES string of the molecule is CCOC(=O)CC(=O)c1ccc([N+](=O)[O-])c(C(F)(F)F)c1. The predicted octanol–water partition coefficient (Wildman–Crippen LogP) is 2.75. The quantitative estimate of drug-likeness (QED) is 0.274. The number of halogens is 3. The summed E-state index contributed by atoms with van der Waals surface area (Å²) in [6.07, 6.45) is -5.72. The van der Waals surface area contributed by atoms with Gasteiger partial charge in [0.1, 0.15) is 12.0 Å². The van der Waals surface area contributed by atoms with Crippen LogP contribution in [-0.4, -0.2) is 23.3 Å². The lowest BCUT2D eigenvalue weighted by Crippen LogP contribution is -2.14. The molecule has 0 heterocycles. The van der Waals surface area contributed by atoms with Gasteiger partial charge < -0.3 is 4.74 Å². The number of benzene rings is 1. The Bertz CT molecular complexity index is 583. The molecular formula is C12H10F3NO5. The van der Waals surface area contributed by atoms with Crippen LogP contribution in [0.1, 0.15) is 29.3 Å². The number of hydrogen-bond donors (Lipinski definition) is 0. The molecule has 0 atom stereocenters. The molecular weight excluding hydrogens is 295 g/mol. The highest BCUT2D eigenvalue weighted by molar-refractivity contribution is 6.06. The summed E-state index contributed by atoms with van der Waals surface area (Å²) >= 11 is 0. The Morgan fingerprint density at radius 1 is 1.33 bits per heavy atom. The highest BCUT2D eigenvalue weighted by atomic mass is 19.4. The average molecular weight is 305 g/mol. The van der Waals surface area contributed by atoms with Crippen LogP contribution in [0, 0.1) is 10.1 Å². The number of carbonyl (C=O) groups is 2. The van der Waals surface area contributed by atoms with E-state index in [2.05, 4.69) is 4.74 Å². The lowest BCUT2D eigenvalue weighted by molar-refractivity contribution is -0.388. The normalized spacial score (nSPS) is 11.0. The van der Waals surface area contributed by atoms with Crippen molar-refractivity contribution in [3.8, 4) is 0 Å². The molecule has 0 aliphatic carbocycles. The first kappa shape index (κ1) is 16.6. The van der Waals surface area contributed by atoms with Crippen molar-refractivity contribution >= 4 is 17.4 Å². The second kappa shape index (κ2) is 6.33. The van der Waals surface area contributed by atoms with Crippen molar-refractivity contribution in [1.29, 1.82) is 0 Å². The van der Waals surface area contributed by atoms with E-state index in [1.807, 2.05) is 0 Å². The second-order valence-electron chi connectivity index (χ2n) is 3.89. The number of ether oxygens (including phenoxy) is 1. The molecule has 0 saturated heterocycles. The van der Waals surface area contributed by atoms with E-state index in [4.69, 9.17) is 0 Å². The number of carbonyl (C=O) groups excluding carboxylic acids is 2. The van der Waals surface area contributed by atoms with E-state index >= 15 is 0 Å². The first-order chi connectivity index (χ1) is 9.66. The number of nitro benzene ring substituents is 1. The number of Topliss-reactive ketones (excluding diaryl/α,β-unsaturated/α-hetero) is 1. The first-order valence-electron chi connectivity index (χ1n) is 5.71. The number of alkyl halides is 3. The van der Waals surface area contributed by atoms with Gasteiger partial charge in [0.25, 0.3) is 5.69 Å². The number of nitro groups is 1. The van der Waals surface area contributed by atoms with Gasteiger partial charge in [0.2, 0.25) is 0 Å². The number of ketones is 1. The van der Waals surface area contributed by atoms with Gasteiger partial charge in [0.05, 0.1) is 11.5 Å². The Hall–Kier alpha value is -2.45. The lowest BCUT2D eigenvalue weighted by Gasteiger charge is -2.09. The largest absolute Gasteiger partial charge is 0.466 e. The molecule has 0 aliphatic rings. The van der Waals surface area contributed by atoms with Crippen LogP contribution in [0.5, 0.6) is 0 Å². The molecule has 0 saturated carbocycles. The molecule has 1 aromatic rings. The monoisotopic (exact) mass is 305 g/mol. The maximum atomic E-state index is 12.7. The minimum absolute atomic E-state index is 0.0280. The zero-order valence-electron chi connectivity index (χ0n) is 10.8. The molecule has 0 N–H and O–H groups in total. The summed E-state index contributed by atoms with van der Waals surface area (Å²) in [5.41, 5.74) is -3.14. The summed E-state index contributed by atoms with van der Waals surface area (Å²) in [5.74, 6) is -1.79. The molecule has 0 radical (unpaired) electrons. The minimum Gasteiger partial charge on any atom is -0.466 e. The van der Waals surface area contributed by atoms with Gasteiger partial charge in [-0.1, -0.05) is 0 Å². The van der Waals surface area contributed by atoms with Crippen LogP contribution < -0.4 is 0 Å². The Morgan fingerprint density at radius 3 is 2.43 bits per heavy atom. The fourth-order valence-corrected chi connectivity index (χ4v) is 1.54. The third-order valence-corrected chi connectivity index (χ3v) is 2.43. The van der Waals surface area contributed by atoms with E-state index in [0.717, 1.165) is 6.07 Å². The van der Waals surface area contributed by atoms with Crippen molar-refractivity contribution in [2.24, 2.45) is 0 Å². The second-order valence-corrected chi connectivity index (χ2v) is 3.89. The fourth-order valence-electron chi connectivity index (χ4n) is 1.54. The van der Waals surface area contributed by atoms with Gasteiger partial charge in [0.15, 0.2) is 5.78 Å². The summed E-state index contributed by atoms with van der Waals surface area (Å²) < 4.78 is 42.7. The molecule has 9 heteroatoms. The summed E-state index contributed by atoms with van der Waals surface area (Å²) in [5, 5.41) is 10.6. The van der Waals surface area contributed by atoms with Crippen LogP contribution in [0.25, 0.3) is 0 Å². The topological polar surface area (TPSA) is 86.5 Å². The molecule has 0 bridgehead atoms. The third kappa shape index (κ3) is 4.26. The van der Waals surface area contributed by atoms with Gasteiger partial charge in [-0.3, -0.25) is 19.7 Å². The highest BCUT2D eigenvalue weighted by Gasteiger charge is 2.38. The van der Waals surface area contributed by atoms with Crippen LogP contribution in [0.15, 0.2) is 18.2 Å². The van der Waals surface area contributed by atoms with Crippen molar-refractivity contribution in [3.63, 3.8) is 0 Å². The lowest BCUT2D eigenvalue weighted by atomic mass is 10.0. The van der Waals surface area contributed by atoms with Gasteiger partial charge in [-0.2, -0.15) is 13.2 Å². The van der Waals surface area contributed by atoms with Crippen LogP contribution in [0.3, 0.4) is 0 Å². The maximum absolute atomic E-state index is 12.7. The van der Waals surface area contributed by atoms with Crippen molar-refractivity contribution in [2.75, 3.05) is 6.61 Å². The number of esters is 1. The van der Waals surface area contributed by atoms with E-state index < -0.39 is 46.1 Å². The van der Waals surface area contributed by atoms with E-state index in [-0.39, 0.29) is 6.61 Å². The molecule has 0 unspecified atom stereocenters. The highest BCUT2D eigenvalue weighted by Crippen LogP contribution is 2.36. The molecule has 0 aliphatic heterocycles. The Balaban J connectivity index is 3.14. The summed E-state index contributed by atoms with van der Waals surface area (Å²) in [7, 11) is 0. The molecule has 0 amide bonds. The number of rotatable bonds is 5. The van der Waals surface area contributed by atoms with E-state index in [0.29, 0.717) is 12.1 Å². The molecule has 0 aromatic heterocycles. The van der Waals surface area contributed by atoms with Crippen LogP contribution >= 0.6 is 0 Å². The zero-order valence-corrected chi connectivity index (χ0v) is 10.8. The average Bonchev–Trinajstić information content (AvgIpc) is 2.37. The van der Waals surface area contributed by atoms with Crippen molar-refractivity contribution in [2.45, 2.75) is 19.5 Å². The van der Waals surface area contributed by atoms with Gasteiger partial charge >= 0.3 is 12.1 Å². The predicted molar refractivity (Wildman–Crippen MR) is 63.7 cm³/mol. The fraction of sp³-hybridized carbons (Fsp3) is 0.333. The van der Waals surface area contributed by atoms with Crippen LogP contribution in [-0.2, 0) is 15.7 Å². The Kier molecular flexibility index (Phi) is 5.01. The molecule has 114 valence electrons. The first-order valence-corrected chi connectivity index (χ1v) is 5.71. The minimum atomic E-state index is -4.98. The van der Waals surface area contributed by atoms with E-state index in [9.17, 15) is 32.9 Å². The molecule has 0 fully saturated rings. The summed E-state index contributed by atoms with van der Waals surface area (Å²) in [4.78, 5) is 32.1. The Morgan fingerprint density at radius 2 is 1.95 bits per heavy atom. The van der Waals surface area contributed by atoms with E-state index in [1.54, 1.807) is 0 Å². The van der Waals surface area contributed by atoms with Crippen LogP contribution in [0.2, 0.25) is 0 Å². The number of nitrogens with zero attached hydrogens (tertiary/aromatic N) is 1. The zero-order chi connectivity index (χ0) is 16.2. The Labute approximate surface area is 116 Å². The van der Waals surface area contributed by atoms with Gasteiger partial charge in [-0.05, 0) is 19.1 Å². The molecule has 0 spiro atoms. The van der Waals surface area contributed by atoms with Crippen LogP contribution in [0.4, 0.5) is 18.9 Å². The standard InChI is InChI=1S/C12H10F3NO5/c1-2-21-11(18)6-10(17)7-3-4-9(16(19)20)8(5-7)12(13,14)15/h3-5H,2,6H2,1H3. The van der Waals surface area contributed by atoms with Gasteiger partial charge in [-0.15, -0.1) is 0 Å². The number of hydrogen-bond acceptors (Lipinski definition) is 5. The van der Waals surface area contributed by atoms with Crippen molar-refractivity contribution in [3.05, 3.63) is 39.4 Å². The van der Waals surface area contributed by atoms with Gasteiger partial charge in [-0.25, -0.2) is 0 Å². The smallest absolute Gasteiger partial charge is 0.423 e. The van der Waals surface area contributed by atoms with E-state index in [1.165, 1.54) is 6.92 Å².